The van der Waals surface area contributed by atoms with Gasteiger partial charge in [0.1, 0.15) is 5.82 Å². The third-order valence-electron chi connectivity index (χ3n) is 6.21. The number of piperidine rings is 1. The predicted octanol–water partition coefficient (Wildman–Crippen LogP) is 5.26. The van der Waals surface area contributed by atoms with E-state index < -0.39 is 12.1 Å². The van der Waals surface area contributed by atoms with Crippen LogP contribution in [0.1, 0.15) is 36.5 Å². The Morgan fingerprint density at radius 3 is 2.31 bits per heavy atom. The van der Waals surface area contributed by atoms with Crippen LogP contribution in [0, 0.1) is 12.8 Å². The molecule has 11 heteroatoms. The minimum Gasteiger partial charge on any atom is -0.475 e. The Balaban J connectivity index is 0.000000532. The monoisotopic (exact) mass is 543 g/mol. The van der Waals surface area contributed by atoms with Crippen LogP contribution in [-0.4, -0.2) is 46.2 Å². The number of alkyl halides is 3. The molecule has 0 bridgehead atoms. The van der Waals surface area contributed by atoms with E-state index in [4.69, 9.17) is 14.9 Å². The molecule has 39 heavy (non-hydrogen) atoms. The number of carboxylic acid groups (broad SMARTS) is 1. The summed E-state index contributed by atoms with van der Waals surface area (Å²) < 4.78 is 31.7. The zero-order valence-corrected chi connectivity index (χ0v) is 21.8. The van der Waals surface area contributed by atoms with E-state index in [1.54, 1.807) is 6.20 Å². The molecule has 3 aromatic rings. The smallest absolute Gasteiger partial charge is 0.475 e. The topological polar surface area (TPSA) is 107 Å². The summed E-state index contributed by atoms with van der Waals surface area (Å²) in [6.07, 6.45) is -0.433. The van der Waals surface area contributed by atoms with Crippen molar-refractivity contribution in [3.63, 3.8) is 0 Å². The van der Waals surface area contributed by atoms with Gasteiger partial charge in [0.15, 0.2) is 0 Å². The summed E-state index contributed by atoms with van der Waals surface area (Å²) in [7, 11) is 0. The number of aryl methyl sites for hydroxylation is 2. The first kappa shape index (κ1) is 29.4. The fourth-order valence-electron chi connectivity index (χ4n) is 3.98. The van der Waals surface area contributed by atoms with E-state index in [1.807, 2.05) is 18.2 Å². The van der Waals surface area contributed by atoms with E-state index in [1.165, 1.54) is 11.1 Å². The van der Waals surface area contributed by atoms with Gasteiger partial charge in [0.05, 0.1) is 5.92 Å². The fraction of sp³-hybridized carbons (Fsp3) is 0.357. The summed E-state index contributed by atoms with van der Waals surface area (Å²) >= 11 is 0. The second kappa shape index (κ2) is 13.6. The van der Waals surface area contributed by atoms with Crippen molar-refractivity contribution in [1.29, 1.82) is 0 Å². The highest BCUT2D eigenvalue weighted by molar-refractivity contribution is 5.79. The predicted molar refractivity (Wildman–Crippen MR) is 143 cm³/mol. The average Bonchev–Trinajstić information content (AvgIpc) is 2.93. The zero-order valence-electron chi connectivity index (χ0n) is 21.8. The molecule has 4 rings (SSSR count). The van der Waals surface area contributed by atoms with Crippen LogP contribution in [0.4, 0.5) is 30.6 Å². The number of aromatic nitrogens is 2. The fourth-order valence-corrected chi connectivity index (χ4v) is 3.98. The van der Waals surface area contributed by atoms with Gasteiger partial charge < -0.3 is 20.6 Å². The van der Waals surface area contributed by atoms with E-state index in [0.717, 1.165) is 42.9 Å². The molecule has 1 atom stereocenters. The van der Waals surface area contributed by atoms with Gasteiger partial charge in [-0.15, -0.1) is 0 Å². The van der Waals surface area contributed by atoms with Crippen LogP contribution in [-0.2, 0) is 22.6 Å². The van der Waals surface area contributed by atoms with E-state index in [-0.39, 0.29) is 11.8 Å². The number of benzene rings is 2. The number of halogens is 3. The number of nitrogens with one attached hydrogen (secondary N) is 2. The van der Waals surface area contributed by atoms with Gasteiger partial charge in [-0.1, -0.05) is 48.9 Å². The number of nitrogens with zero attached hydrogens (tertiary/aromatic N) is 3. The van der Waals surface area contributed by atoms with E-state index in [2.05, 4.69) is 70.8 Å². The van der Waals surface area contributed by atoms with Crippen LogP contribution < -0.4 is 15.5 Å². The molecule has 0 saturated carbocycles. The molecule has 8 nitrogen and oxygen atoms in total. The van der Waals surface area contributed by atoms with Crippen molar-refractivity contribution in [1.82, 2.24) is 15.3 Å². The molecule has 1 amide bonds. The highest BCUT2D eigenvalue weighted by Gasteiger charge is 2.38. The molecule has 0 spiro atoms. The van der Waals surface area contributed by atoms with Gasteiger partial charge in [-0.25, -0.2) is 9.78 Å². The van der Waals surface area contributed by atoms with Crippen molar-refractivity contribution in [2.24, 2.45) is 5.92 Å². The van der Waals surface area contributed by atoms with Gasteiger partial charge in [-0.3, -0.25) is 4.79 Å². The van der Waals surface area contributed by atoms with Crippen molar-refractivity contribution < 1.29 is 27.9 Å². The summed E-state index contributed by atoms with van der Waals surface area (Å²) in [5.41, 5.74) is 4.60. The number of rotatable bonds is 7. The van der Waals surface area contributed by atoms with E-state index in [0.29, 0.717) is 19.0 Å². The first-order chi connectivity index (χ1) is 18.5. The van der Waals surface area contributed by atoms with E-state index >= 15 is 0 Å². The van der Waals surface area contributed by atoms with Crippen LogP contribution in [0.5, 0.6) is 0 Å². The van der Waals surface area contributed by atoms with Crippen molar-refractivity contribution >= 4 is 29.3 Å². The number of anilines is 3. The highest BCUT2D eigenvalue weighted by Crippen LogP contribution is 2.23. The number of carboxylic acids is 1. The third kappa shape index (κ3) is 9.27. The van der Waals surface area contributed by atoms with Gasteiger partial charge >= 0.3 is 12.1 Å². The van der Waals surface area contributed by atoms with Gasteiger partial charge in [0, 0.05) is 31.5 Å². The maximum atomic E-state index is 12.8. The van der Waals surface area contributed by atoms with Crippen molar-refractivity contribution in [2.75, 3.05) is 23.3 Å². The van der Waals surface area contributed by atoms with Crippen molar-refractivity contribution in [2.45, 2.75) is 45.8 Å². The SMILES string of the molecule is CCc1ccc(Nc2nccc(N3CCC[C@H](C(=O)NCc4ccc(C)cc4)C3)n2)cc1.O=C(O)C(F)(F)F. The first-order valence-electron chi connectivity index (χ1n) is 12.6. The van der Waals surface area contributed by atoms with Gasteiger partial charge in [0.25, 0.3) is 0 Å². The number of carbonyl (C=O) groups is 2. The van der Waals surface area contributed by atoms with Crippen LogP contribution in [0.25, 0.3) is 0 Å². The Kier molecular flexibility index (Phi) is 10.2. The first-order valence-corrected chi connectivity index (χ1v) is 12.6. The van der Waals surface area contributed by atoms with Crippen molar-refractivity contribution in [3.05, 3.63) is 77.5 Å². The van der Waals surface area contributed by atoms with Gasteiger partial charge in [-0.2, -0.15) is 18.2 Å². The Hall–Kier alpha value is -4.15. The Morgan fingerprint density at radius 2 is 1.69 bits per heavy atom. The molecule has 208 valence electrons. The molecule has 0 radical (unpaired) electrons. The molecule has 2 heterocycles. The molecule has 1 aliphatic heterocycles. The lowest BCUT2D eigenvalue weighted by molar-refractivity contribution is -0.192. The standard InChI is InChI=1S/C26H31N5O.C2HF3O2/c1-3-20-10-12-23(13-11-20)29-26-27-15-14-24(30-26)31-16-4-5-22(18-31)25(32)28-17-21-8-6-19(2)7-9-21;3-2(4,5)1(6)7/h6-15,22H,3-5,16-18H2,1-2H3,(H,28,32)(H,27,29,30);(H,6,7)/t22-;/m0./s1. The van der Waals surface area contributed by atoms with E-state index in [9.17, 15) is 18.0 Å². The Labute approximate surface area is 225 Å². The molecular formula is C28H32F3N5O3. The number of hydrogen-bond acceptors (Lipinski definition) is 6. The quantitative estimate of drug-likeness (QED) is 0.373. The summed E-state index contributed by atoms with van der Waals surface area (Å²) in [5, 5.41) is 13.5. The molecule has 0 aliphatic carbocycles. The summed E-state index contributed by atoms with van der Waals surface area (Å²) in [4.78, 5) is 32.9. The second-order valence-electron chi connectivity index (χ2n) is 9.21. The van der Waals surface area contributed by atoms with Crippen molar-refractivity contribution in [3.8, 4) is 0 Å². The minimum absolute atomic E-state index is 0.0397. The van der Waals surface area contributed by atoms with Crippen LogP contribution in [0.2, 0.25) is 0 Å². The highest BCUT2D eigenvalue weighted by atomic mass is 19.4. The lowest BCUT2D eigenvalue weighted by Crippen LogP contribution is -2.43. The maximum absolute atomic E-state index is 12.8. The largest absolute Gasteiger partial charge is 0.490 e. The number of hydrogen-bond donors (Lipinski definition) is 3. The number of amides is 1. The molecule has 1 fully saturated rings. The third-order valence-corrected chi connectivity index (χ3v) is 6.21. The van der Waals surface area contributed by atoms with Crippen LogP contribution in [0.3, 0.4) is 0 Å². The second-order valence-corrected chi connectivity index (χ2v) is 9.21. The summed E-state index contributed by atoms with van der Waals surface area (Å²) in [5.74, 6) is -1.27. The Bertz CT molecular complexity index is 1230. The van der Waals surface area contributed by atoms with Gasteiger partial charge in [0.2, 0.25) is 11.9 Å². The molecule has 0 unspecified atom stereocenters. The minimum atomic E-state index is -5.08. The molecule has 2 aromatic carbocycles. The maximum Gasteiger partial charge on any atom is 0.490 e. The van der Waals surface area contributed by atoms with Crippen LogP contribution >= 0.6 is 0 Å². The molecule has 1 saturated heterocycles. The molecular weight excluding hydrogens is 511 g/mol. The lowest BCUT2D eigenvalue weighted by atomic mass is 9.97. The number of aliphatic carboxylic acids is 1. The molecule has 3 N–H and O–H groups in total. The summed E-state index contributed by atoms with van der Waals surface area (Å²) in [6.45, 7) is 6.33. The summed E-state index contributed by atoms with van der Waals surface area (Å²) in [6, 6.07) is 18.5. The average molecular weight is 544 g/mol. The Morgan fingerprint density at radius 1 is 1.05 bits per heavy atom. The van der Waals surface area contributed by atoms with Crippen LogP contribution in [0.15, 0.2) is 60.8 Å². The number of carbonyl (C=O) groups excluding carboxylic acids is 1. The van der Waals surface area contributed by atoms with Gasteiger partial charge in [-0.05, 0) is 55.5 Å². The normalized spacial score (nSPS) is 15.1. The zero-order chi connectivity index (χ0) is 28.4. The molecule has 1 aromatic heterocycles. The molecule has 1 aliphatic rings. The lowest BCUT2D eigenvalue weighted by Gasteiger charge is -2.33.